The van der Waals surface area contributed by atoms with Crippen LogP contribution in [0.4, 0.5) is 4.39 Å². The maximum Gasteiger partial charge on any atom is 0.138 e. The van der Waals surface area contributed by atoms with Crippen molar-refractivity contribution in [2.24, 2.45) is 5.92 Å². The molecule has 0 aliphatic heterocycles. The predicted octanol–water partition coefficient (Wildman–Crippen LogP) is 3.65. The van der Waals surface area contributed by atoms with E-state index in [1.54, 1.807) is 30.1 Å². The molecule has 2 rings (SSSR count). The van der Waals surface area contributed by atoms with Crippen LogP contribution in [-0.2, 0) is 12.3 Å². The molecule has 0 radical (unpaired) electrons. The lowest BCUT2D eigenvalue weighted by molar-refractivity contribution is 0.547. The van der Waals surface area contributed by atoms with Crippen LogP contribution >= 0.6 is 11.8 Å². The van der Waals surface area contributed by atoms with Crippen molar-refractivity contribution in [2.75, 3.05) is 6.54 Å². The van der Waals surface area contributed by atoms with Crippen LogP contribution in [0.25, 0.3) is 0 Å². The summed E-state index contributed by atoms with van der Waals surface area (Å²) in [5, 5.41) is 3.37. The van der Waals surface area contributed by atoms with E-state index in [0.717, 1.165) is 29.5 Å². The quantitative estimate of drug-likeness (QED) is 0.792. The number of halogens is 1. The second-order valence-corrected chi connectivity index (χ2v) is 6.28. The standard InChI is InChI=1S/C16H20FN3S/c1-12(2)9-18-10-14-7-8-19-16(20-14)11-21-15-5-3-13(17)4-6-15/h3-8,12,18H,9-11H2,1-2H3. The van der Waals surface area contributed by atoms with Crippen LogP contribution in [0.2, 0.25) is 0 Å². The highest BCUT2D eigenvalue weighted by molar-refractivity contribution is 7.98. The van der Waals surface area contributed by atoms with E-state index < -0.39 is 0 Å². The molecule has 5 heteroatoms. The molecule has 0 aliphatic carbocycles. The molecule has 1 heterocycles. The van der Waals surface area contributed by atoms with E-state index in [1.807, 2.05) is 6.07 Å². The predicted molar refractivity (Wildman–Crippen MR) is 84.5 cm³/mol. The zero-order valence-corrected chi connectivity index (χ0v) is 13.2. The van der Waals surface area contributed by atoms with Crippen LogP contribution in [0.15, 0.2) is 41.4 Å². The maximum atomic E-state index is 12.8. The Labute approximate surface area is 129 Å². The summed E-state index contributed by atoms with van der Waals surface area (Å²) in [4.78, 5) is 9.83. The highest BCUT2D eigenvalue weighted by Gasteiger charge is 2.02. The Morgan fingerprint density at radius 1 is 1.19 bits per heavy atom. The van der Waals surface area contributed by atoms with Gasteiger partial charge in [0, 0.05) is 17.6 Å². The first kappa shape index (κ1) is 15.9. The molecule has 0 unspecified atom stereocenters. The van der Waals surface area contributed by atoms with E-state index in [-0.39, 0.29) is 5.82 Å². The van der Waals surface area contributed by atoms with Crippen molar-refractivity contribution in [3.05, 3.63) is 53.9 Å². The Balaban J connectivity index is 1.87. The van der Waals surface area contributed by atoms with Gasteiger partial charge < -0.3 is 5.32 Å². The minimum Gasteiger partial charge on any atom is -0.311 e. The van der Waals surface area contributed by atoms with Crippen LogP contribution in [0.1, 0.15) is 25.4 Å². The molecule has 1 aromatic carbocycles. The molecule has 1 N–H and O–H groups in total. The lowest BCUT2D eigenvalue weighted by atomic mass is 10.2. The third kappa shape index (κ3) is 5.81. The largest absolute Gasteiger partial charge is 0.311 e. The fourth-order valence-electron chi connectivity index (χ4n) is 1.78. The normalized spacial score (nSPS) is 11.0. The van der Waals surface area contributed by atoms with Crippen LogP contribution < -0.4 is 5.32 Å². The van der Waals surface area contributed by atoms with Crippen molar-refractivity contribution in [1.29, 1.82) is 0 Å². The summed E-state index contributed by atoms with van der Waals surface area (Å²) in [6.07, 6.45) is 1.79. The minimum atomic E-state index is -0.214. The molecule has 21 heavy (non-hydrogen) atoms. The van der Waals surface area contributed by atoms with E-state index in [4.69, 9.17) is 0 Å². The number of aromatic nitrogens is 2. The summed E-state index contributed by atoms with van der Waals surface area (Å²) < 4.78 is 12.8. The number of nitrogens with zero attached hydrogens (tertiary/aromatic N) is 2. The van der Waals surface area contributed by atoms with E-state index in [0.29, 0.717) is 11.7 Å². The van der Waals surface area contributed by atoms with Crippen LogP contribution in [0.5, 0.6) is 0 Å². The van der Waals surface area contributed by atoms with E-state index in [2.05, 4.69) is 29.1 Å². The van der Waals surface area contributed by atoms with E-state index in [1.165, 1.54) is 12.1 Å². The third-order valence-electron chi connectivity index (χ3n) is 2.80. The van der Waals surface area contributed by atoms with Gasteiger partial charge in [0.05, 0.1) is 11.4 Å². The number of benzene rings is 1. The first-order valence-corrected chi connectivity index (χ1v) is 8.02. The number of hydrogen-bond acceptors (Lipinski definition) is 4. The van der Waals surface area contributed by atoms with Crippen LogP contribution in [0, 0.1) is 11.7 Å². The van der Waals surface area contributed by atoms with Gasteiger partial charge in [-0.1, -0.05) is 13.8 Å². The summed E-state index contributed by atoms with van der Waals surface area (Å²) in [6.45, 7) is 6.09. The monoisotopic (exact) mass is 305 g/mol. The molecule has 0 bridgehead atoms. The topological polar surface area (TPSA) is 37.8 Å². The van der Waals surface area contributed by atoms with Crippen LogP contribution in [0.3, 0.4) is 0 Å². The van der Waals surface area contributed by atoms with Gasteiger partial charge in [-0.25, -0.2) is 14.4 Å². The molecule has 112 valence electrons. The molecule has 0 fully saturated rings. The summed E-state index contributed by atoms with van der Waals surface area (Å²) in [6, 6.07) is 8.41. The summed E-state index contributed by atoms with van der Waals surface area (Å²) in [5.74, 6) is 1.89. The van der Waals surface area contributed by atoms with Gasteiger partial charge in [0.25, 0.3) is 0 Å². The molecule has 0 saturated carbocycles. The van der Waals surface area contributed by atoms with Gasteiger partial charge in [0.1, 0.15) is 11.6 Å². The Bertz CT molecular complexity index is 558. The first-order chi connectivity index (χ1) is 10.1. The van der Waals surface area contributed by atoms with Gasteiger partial charge in [0.15, 0.2) is 0 Å². The lowest BCUT2D eigenvalue weighted by Crippen LogP contribution is -2.19. The summed E-state index contributed by atoms with van der Waals surface area (Å²) >= 11 is 1.61. The zero-order valence-electron chi connectivity index (χ0n) is 12.3. The molecule has 0 saturated heterocycles. The van der Waals surface area contributed by atoms with E-state index in [9.17, 15) is 4.39 Å². The van der Waals surface area contributed by atoms with Gasteiger partial charge >= 0.3 is 0 Å². The molecule has 0 aliphatic rings. The average molecular weight is 305 g/mol. The Morgan fingerprint density at radius 3 is 2.67 bits per heavy atom. The van der Waals surface area contributed by atoms with Crippen molar-refractivity contribution in [2.45, 2.75) is 31.0 Å². The van der Waals surface area contributed by atoms with E-state index >= 15 is 0 Å². The molecular weight excluding hydrogens is 285 g/mol. The zero-order chi connectivity index (χ0) is 15.1. The van der Waals surface area contributed by atoms with Crippen molar-refractivity contribution < 1.29 is 4.39 Å². The van der Waals surface area contributed by atoms with Crippen molar-refractivity contribution in [3.63, 3.8) is 0 Å². The van der Waals surface area contributed by atoms with Crippen molar-refractivity contribution >= 4 is 11.8 Å². The molecule has 1 aromatic heterocycles. The molecular formula is C16H20FN3S. The average Bonchev–Trinajstić information content (AvgIpc) is 2.47. The van der Waals surface area contributed by atoms with Gasteiger partial charge in [-0.05, 0) is 42.8 Å². The second kappa shape index (κ2) is 8.10. The van der Waals surface area contributed by atoms with Gasteiger partial charge in [-0.15, -0.1) is 11.8 Å². The SMILES string of the molecule is CC(C)CNCc1ccnc(CSc2ccc(F)cc2)n1. The number of rotatable bonds is 7. The first-order valence-electron chi connectivity index (χ1n) is 7.03. The summed E-state index contributed by atoms with van der Waals surface area (Å²) in [7, 11) is 0. The van der Waals surface area contributed by atoms with Gasteiger partial charge in [-0.2, -0.15) is 0 Å². The van der Waals surface area contributed by atoms with Crippen LogP contribution in [-0.4, -0.2) is 16.5 Å². The Hall–Kier alpha value is -1.46. The fraction of sp³-hybridized carbons (Fsp3) is 0.375. The molecule has 0 spiro atoms. The highest BCUT2D eigenvalue weighted by atomic mass is 32.2. The molecule has 0 amide bonds. The number of hydrogen-bond donors (Lipinski definition) is 1. The molecule has 2 aromatic rings. The highest BCUT2D eigenvalue weighted by Crippen LogP contribution is 2.21. The number of nitrogens with one attached hydrogen (secondary N) is 1. The second-order valence-electron chi connectivity index (χ2n) is 5.23. The smallest absolute Gasteiger partial charge is 0.138 e. The van der Waals surface area contributed by atoms with Gasteiger partial charge in [-0.3, -0.25) is 0 Å². The van der Waals surface area contributed by atoms with Crippen molar-refractivity contribution in [3.8, 4) is 0 Å². The third-order valence-corrected chi connectivity index (χ3v) is 3.81. The van der Waals surface area contributed by atoms with Crippen molar-refractivity contribution in [1.82, 2.24) is 15.3 Å². The molecule has 3 nitrogen and oxygen atoms in total. The lowest BCUT2D eigenvalue weighted by Gasteiger charge is -2.07. The fourth-order valence-corrected chi connectivity index (χ4v) is 2.54. The van der Waals surface area contributed by atoms with Gasteiger partial charge in [0.2, 0.25) is 0 Å². The Kier molecular flexibility index (Phi) is 6.14. The summed E-state index contributed by atoms with van der Waals surface area (Å²) in [5.41, 5.74) is 1.00. The molecule has 0 atom stereocenters. The maximum absolute atomic E-state index is 12.8. The minimum absolute atomic E-state index is 0.214. The Morgan fingerprint density at radius 2 is 1.95 bits per heavy atom. The number of thioether (sulfide) groups is 1.